The second-order valence-corrected chi connectivity index (χ2v) is 7.18. The van der Waals surface area contributed by atoms with E-state index in [0.29, 0.717) is 12.1 Å². The molecule has 1 aromatic heterocycles. The smallest absolute Gasteiger partial charge is 0.254 e. The van der Waals surface area contributed by atoms with E-state index in [1.165, 1.54) is 11.1 Å². The molecule has 6 heteroatoms. The molecule has 1 aliphatic rings. The first kappa shape index (κ1) is 18.2. The number of aryl methyl sites for hydroxylation is 1. The fourth-order valence-electron chi connectivity index (χ4n) is 3.05. The van der Waals surface area contributed by atoms with Crippen molar-refractivity contribution in [3.05, 3.63) is 63.4 Å². The number of rotatable bonds is 3. The number of carbonyl (C=O) groups is 1. The van der Waals surface area contributed by atoms with Crippen molar-refractivity contribution in [2.45, 2.75) is 19.9 Å². The first-order valence-corrected chi connectivity index (χ1v) is 9.17. The van der Waals surface area contributed by atoms with Crippen LogP contribution in [-0.2, 0) is 6.54 Å². The number of hydrogen-bond acceptors (Lipinski definition) is 3. The number of amides is 1. The van der Waals surface area contributed by atoms with E-state index in [1.807, 2.05) is 4.90 Å². The predicted molar refractivity (Wildman–Crippen MR) is 101 cm³/mol. The van der Waals surface area contributed by atoms with Crippen LogP contribution in [0.1, 0.15) is 27.9 Å². The molecular formula is C19H21Cl2N3O. The van der Waals surface area contributed by atoms with Gasteiger partial charge in [-0.25, -0.2) is 4.98 Å². The van der Waals surface area contributed by atoms with Crippen molar-refractivity contribution < 1.29 is 4.79 Å². The summed E-state index contributed by atoms with van der Waals surface area (Å²) in [6, 6.07) is 11.8. The van der Waals surface area contributed by atoms with Crippen LogP contribution in [0, 0.1) is 6.92 Å². The third-order valence-electron chi connectivity index (χ3n) is 4.41. The Bertz CT molecular complexity index is 729. The average molecular weight is 378 g/mol. The van der Waals surface area contributed by atoms with Crippen molar-refractivity contribution in [1.82, 2.24) is 14.8 Å². The summed E-state index contributed by atoms with van der Waals surface area (Å²) in [5.74, 6) is -0.0385. The summed E-state index contributed by atoms with van der Waals surface area (Å²) in [6.07, 6.45) is 0.949. The first-order chi connectivity index (χ1) is 12.0. The zero-order valence-electron chi connectivity index (χ0n) is 14.2. The highest BCUT2D eigenvalue weighted by Gasteiger charge is 2.21. The quantitative estimate of drug-likeness (QED) is 0.757. The van der Waals surface area contributed by atoms with Crippen LogP contribution in [0.4, 0.5) is 0 Å². The van der Waals surface area contributed by atoms with Crippen LogP contribution in [-0.4, -0.2) is 46.9 Å². The highest BCUT2D eigenvalue weighted by Crippen LogP contribution is 2.18. The number of pyridine rings is 1. The van der Waals surface area contributed by atoms with Gasteiger partial charge in [0.1, 0.15) is 10.3 Å². The van der Waals surface area contributed by atoms with Crippen LogP contribution >= 0.6 is 23.2 Å². The van der Waals surface area contributed by atoms with Crippen molar-refractivity contribution in [2.75, 3.05) is 26.2 Å². The summed E-state index contributed by atoms with van der Waals surface area (Å²) in [6.45, 7) is 6.27. The summed E-state index contributed by atoms with van der Waals surface area (Å²) >= 11 is 11.8. The molecule has 0 atom stereocenters. The molecule has 0 N–H and O–H groups in total. The van der Waals surface area contributed by atoms with Gasteiger partial charge in [0.25, 0.3) is 5.91 Å². The second kappa shape index (κ2) is 8.17. The molecule has 3 rings (SSSR count). The van der Waals surface area contributed by atoms with Gasteiger partial charge in [0.2, 0.25) is 0 Å². The van der Waals surface area contributed by atoms with E-state index in [-0.39, 0.29) is 16.2 Å². The molecule has 2 aromatic rings. The van der Waals surface area contributed by atoms with E-state index in [1.54, 1.807) is 12.1 Å². The van der Waals surface area contributed by atoms with Gasteiger partial charge in [0, 0.05) is 38.3 Å². The lowest BCUT2D eigenvalue weighted by atomic mass is 10.1. The van der Waals surface area contributed by atoms with Gasteiger partial charge >= 0.3 is 0 Å². The lowest BCUT2D eigenvalue weighted by Gasteiger charge is -2.22. The minimum atomic E-state index is -0.0385. The summed E-state index contributed by atoms with van der Waals surface area (Å²) in [7, 11) is 0. The summed E-state index contributed by atoms with van der Waals surface area (Å²) in [5.41, 5.74) is 3.07. The summed E-state index contributed by atoms with van der Waals surface area (Å²) in [4.78, 5) is 20.9. The average Bonchev–Trinajstić information content (AvgIpc) is 2.81. The van der Waals surface area contributed by atoms with E-state index in [4.69, 9.17) is 23.2 Å². The van der Waals surface area contributed by atoms with Crippen LogP contribution in [0.25, 0.3) is 0 Å². The van der Waals surface area contributed by atoms with E-state index in [9.17, 15) is 4.79 Å². The minimum absolute atomic E-state index is 0.0385. The predicted octanol–water partition coefficient (Wildman–Crippen LogP) is 4.04. The molecule has 1 aromatic carbocycles. The molecule has 1 fully saturated rings. The van der Waals surface area contributed by atoms with Crippen LogP contribution in [0.3, 0.4) is 0 Å². The zero-order valence-corrected chi connectivity index (χ0v) is 15.7. The van der Waals surface area contributed by atoms with Crippen LogP contribution < -0.4 is 0 Å². The highest BCUT2D eigenvalue weighted by atomic mass is 35.5. The minimum Gasteiger partial charge on any atom is -0.337 e. The Kier molecular flexibility index (Phi) is 5.94. The molecule has 0 bridgehead atoms. The third kappa shape index (κ3) is 4.94. The lowest BCUT2D eigenvalue weighted by Crippen LogP contribution is -2.35. The molecule has 0 spiro atoms. The number of halogens is 2. The van der Waals surface area contributed by atoms with Gasteiger partial charge in [0.15, 0.2) is 0 Å². The zero-order chi connectivity index (χ0) is 17.8. The second-order valence-electron chi connectivity index (χ2n) is 6.41. The van der Waals surface area contributed by atoms with Gasteiger partial charge in [-0.3, -0.25) is 9.69 Å². The highest BCUT2D eigenvalue weighted by molar-refractivity contribution is 6.33. The van der Waals surface area contributed by atoms with Gasteiger partial charge in [-0.05, 0) is 31.0 Å². The first-order valence-electron chi connectivity index (χ1n) is 8.41. The number of benzene rings is 1. The number of hydrogen-bond donors (Lipinski definition) is 0. The Labute approximate surface area is 158 Å². The molecule has 2 heterocycles. The Morgan fingerprint density at radius 2 is 1.72 bits per heavy atom. The van der Waals surface area contributed by atoms with E-state index >= 15 is 0 Å². The van der Waals surface area contributed by atoms with Gasteiger partial charge in [-0.15, -0.1) is 0 Å². The van der Waals surface area contributed by atoms with Crippen molar-refractivity contribution in [2.24, 2.45) is 0 Å². The van der Waals surface area contributed by atoms with Crippen molar-refractivity contribution in [3.63, 3.8) is 0 Å². The SMILES string of the molecule is Cc1ccc(CN2CCCN(C(=O)c3cc(Cl)nc(Cl)c3)CC2)cc1. The van der Waals surface area contributed by atoms with E-state index in [0.717, 1.165) is 32.6 Å². The summed E-state index contributed by atoms with van der Waals surface area (Å²) < 4.78 is 0. The molecular weight excluding hydrogens is 357 g/mol. The molecule has 132 valence electrons. The maximum atomic E-state index is 12.7. The maximum absolute atomic E-state index is 12.7. The Balaban J connectivity index is 1.62. The number of nitrogens with zero attached hydrogens (tertiary/aromatic N) is 3. The molecule has 1 aliphatic heterocycles. The molecule has 0 saturated carbocycles. The fraction of sp³-hybridized carbons (Fsp3) is 0.368. The van der Waals surface area contributed by atoms with Crippen LogP contribution in [0.5, 0.6) is 0 Å². The van der Waals surface area contributed by atoms with Crippen molar-refractivity contribution in [3.8, 4) is 0 Å². The number of aromatic nitrogens is 1. The van der Waals surface area contributed by atoms with Crippen LogP contribution in [0.2, 0.25) is 10.3 Å². The monoisotopic (exact) mass is 377 g/mol. The fourth-order valence-corrected chi connectivity index (χ4v) is 3.52. The largest absolute Gasteiger partial charge is 0.337 e. The van der Waals surface area contributed by atoms with Gasteiger partial charge < -0.3 is 4.90 Å². The molecule has 0 aliphatic carbocycles. The van der Waals surface area contributed by atoms with E-state index in [2.05, 4.69) is 41.1 Å². The summed E-state index contributed by atoms with van der Waals surface area (Å²) in [5, 5.41) is 0.485. The van der Waals surface area contributed by atoms with E-state index < -0.39 is 0 Å². The molecule has 0 radical (unpaired) electrons. The molecule has 1 saturated heterocycles. The van der Waals surface area contributed by atoms with Crippen molar-refractivity contribution in [1.29, 1.82) is 0 Å². The molecule has 4 nitrogen and oxygen atoms in total. The third-order valence-corrected chi connectivity index (χ3v) is 4.80. The molecule has 1 amide bonds. The Morgan fingerprint density at radius 1 is 1.04 bits per heavy atom. The standard InChI is InChI=1S/C19H21Cl2N3O/c1-14-3-5-15(6-4-14)13-23-7-2-8-24(10-9-23)19(25)16-11-17(20)22-18(21)12-16/h3-6,11-12H,2,7-10,13H2,1H3. The topological polar surface area (TPSA) is 36.4 Å². The van der Waals surface area contributed by atoms with Gasteiger partial charge in [0.05, 0.1) is 0 Å². The number of carbonyl (C=O) groups excluding carboxylic acids is 1. The normalized spacial score (nSPS) is 15.9. The maximum Gasteiger partial charge on any atom is 0.254 e. The van der Waals surface area contributed by atoms with Crippen molar-refractivity contribution >= 4 is 29.1 Å². The Morgan fingerprint density at radius 3 is 2.40 bits per heavy atom. The van der Waals surface area contributed by atoms with Gasteiger partial charge in [-0.1, -0.05) is 53.0 Å². The Hall–Kier alpha value is -1.62. The molecule has 0 unspecified atom stereocenters. The van der Waals surface area contributed by atoms with Crippen LogP contribution in [0.15, 0.2) is 36.4 Å². The lowest BCUT2D eigenvalue weighted by molar-refractivity contribution is 0.0761. The van der Waals surface area contributed by atoms with Gasteiger partial charge in [-0.2, -0.15) is 0 Å². The molecule has 25 heavy (non-hydrogen) atoms.